The van der Waals surface area contributed by atoms with E-state index in [4.69, 9.17) is 0 Å². The van der Waals surface area contributed by atoms with Gasteiger partial charge in [0.15, 0.2) is 0 Å². The summed E-state index contributed by atoms with van der Waals surface area (Å²) >= 11 is 0. The topological polar surface area (TPSA) is 53.5 Å². The summed E-state index contributed by atoms with van der Waals surface area (Å²) in [5, 5.41) is 0. The fraction of sp³-hybridized carbons (Fsp3) is 0.222. The van der Waals surface area contributed by atoms with Crippen LogP contribution in [0, 0.1) is 13.8 Å². The molecule has 32 heavy (non-hydrogen) atoms. The van der Waals surface area contributed by atoms with E-state index in [1.54, 1.807) is 12.4 Å². The van der Waals surface area contributed by atoms with Crippen LogP contribution in [0.2, 0.25) is 0 Å². The maximum atomic E-state index is 13.7. The number of benzene rings is 2. The van der Waals surface area contributed by atoms with Gasteiger partial charge in [0.1, 0.15) is 5.70 Å². The van der Waals surface area contributed by atoms with Gasteiger partial charge in [0.05, 0.1) is 11.3 Å². The first kappa shape index (κ1) is 21.5. The minimum Gasteiger partial charge on any atom is -0.366 e. The molecule has 0 aliphatic carbocycles. The van der Waals surface area contributed by atoms with Crippen LogP contribution in [0.3, 0.4) is 0 Å². The van der Waals surface area contributed by atoms with E-state index in [0.29, 0.717) is 30.0 Å². The Morgan fingerprint density at radius 3 is 2.25 bits per heavy atom. The third kappa shape index (κ3) is 4.06. The van der Waals surface area contributed by atoms with Crippen LogP contribution in [0.25, 0.3) is 5.57 Å². The lowest BCUT2D eigenvalue weighted by Crippen LogP contribution is -2.36. The summed E-state index contributed by atoms with van der Waals surface area (Å²) in [7, 11) is 0. The Kier molecular flexibility index (Phi) is 6.17. The van der Waals surface area contributed by atoms with Crippen LogP contribution in [0.5, 0.6) is 0 Å². The summed E-state index contributed by atoms with van der Waals surface area (Å²) in [5.74, 6) is -0.546. The number of nitrogens with zero attached hydrogens (tertiary/aromatic N) is 3. The molecule has 5 heteroatoms. The Balaban J connectivity index is 1.75. The number of imide groups is 1. The van der Waals surface area contributed by atoms with Gasteiger partial charge in [0.25, 0.3) is 11.8 Å². The predicted molar refractivity (Wildman–Crippen MR) is 127 cm³/mol. The smallest absolute Gasteiger partial charge is 0.282 e. The summed E-state index contributed by atoms with van der Waals surface area (Å²) in [4.78, 5) is 34.7. The number of rotatable bonds is 7. The Morgan fingerprint density at radius 1 is 0.875 bits per heavy atom. The van der Waals surface area contributed by atoms with E-state index in [0.717, 1.165) is 28.7 Å². The monoisotopic (exact) mass is 425 g/mol. The van der Waals surface area contributed by atoms with Gasteiger partial charge >= 0.3 is 0 Å². The standard InChI is InChI=1S/C27H27N3O2/c1-4-29(17-14-21-12-15-28-16-13-21)25-24(22-8-6-5-7-9-22)26(31)30(27(25)32)23-11-10-19(2)20(3)18-23/h5-13,15-16,18H,4,14,17H2,1-3H3. The van der Waals surface area contributed by atoms with Crippen LogP contribution < -0.4 is 4.90 Å². The third-order valence-electron chi connectivity index (χ3n) is 5.99. The molecule has 0 fully saturated rings. The number of amides is 2. The maximum absolute atomic E-state index is 13.7. The SMILES string of the molecule is CCN(CCc1ccncc1)C1=C(c2ccccc2)C(=O)N(c2ccc(C)c(C)c2)C1=O. The number of aromatic nitrogens is 1. The van der Waals surface area contributed by atoms with Gasteiger partial charge in [-0.1, -0.05) is 36.4 Å². The average molecular weight is 426 g/mol. The predicted octanol–water partition coefficient (Wildman–Crippen LogP) is 4.55. The zero-order chi connectivity index (χ0) is 22.7. The molecule has 2 amide bonds. The van der Waals surface area contributed by atoms with Crippen LogP contribution in [-0.2, 0) is 16.0 Å². The summed E-state index contributed by atoms with van der Waals surface area (Å²) in [5.41, 5.74) is 5.61. The molecule has 1 aliphatic heterocycles. The van der Waals surface area contributed by atoms with Gasteiger partial charge in [-0.25, -0.2) is 4.90 Å². The van der Waals surface area contributed by atoms with E-state index in [2.05, 4.69) is 4.98 Å². The van der Waals surface area contributed by atoms with Crippen molar-refractivity contribution >= 4 is 23.1 Å². The number of carbonyl (C=O) groups excluding carboxylic acids is 2. The molecule has 3 aromatic rings. The van der Waals surface area contributed by atoms with Crippen LogP contribution >= 0.6 is 0 Å². The summed E-state index contributed by atoms with van der Waals surface area (Å²) < 4.78 is 0. The van der Waals surface area contributed by atoms with E-state index >= 15 is 0 Å². The van der Waals surface area contributed by atoms with Crippen molar-refractivity contribution in [2.45, 2.75) is 27.2 Å². The zero-order valence-corrected chi connectivity index (χ0v) is 18.7. The summed E-state index contributed by atoms with van der Waals surface area (Å²) in [6.45, 7) is 7.27. The van der Waals surface area contributed by atoms with Crippen molar-refractivity contribution < 1.29 is 9.59 Å². The molecule has 0 radical (unpaired) electrons. The zero-order valence-electron chi connectivity index (χ0n) is 18.7. The second-order valence-electron chi connectivity index (χ2n) is 7.99. The van der Waals surface area contributed by atoms with E-state index in [-0.39, 0.29) is 11.8 Å². The van der Waals surface area contributed by atoms with Crippen molar-refractivity contribution in [1.29, 1.82) is 0 Å². The second-order valence-corrected chi connectivity index (χ2v) is 7.99. The first-order valence-corrected chi connectivity index (χ1v) is 10.9. The largest absolute Gasteiger partial charge is 0.366 e. The van der Waals surface area contributed by atoms with Gasteiger partial charge in [0.2, 0.25) is 0 Å². The Labute approximate surface area is 189 Å². The van der Waals surface area contributed by atoms with E-state index < -0.39 is 0 Å². The summed E-state index contributed by atoms with van der Waals surface area (Å²) in [6.07, 6.45) is 4.30. The molecule has 5 nitrogen and oxygen atoms in total. The summed E-state index contributed by atoms with van der Waals surface area (Å²) in [6, 6.07) is 19.1. The molecule has 1 aliphatic rings. The van der Waals surface area contributed by atoms with Gasteiger partial charge in [-0.3, -0.25) is 14.6 Å². The van der Waals surface area contributed by atoms with Gasteiger partial charge in [-0.15, -0.1) is 0 Å². The molecule has 0 atom stereocenters. The highest BCUT2D eigenvalue weighted by Gasteiger charge is 2.42. The molecule has 0 spiro atoms. The van der Waals surface area contributed by atoms with Crippen molar-refractivity contribution in [3.8, 4) is 0 Å². The Hall–Kier alpha value is -3.73. The Bertz CT molecular complexity index is 1170. The van der Waals surface area contributed by atoms with Crippen molar-refractivity contribution in [1.82, 2.24) is 9.88 Å². The van der Waals surface area contributed by atoms with Gasteiger partial charge in [-0.05, 0) is 73.7 Å². The Morgan fingerprint density at radius 2 is 1.59 bits per heavy atom. The van der Waals surface area contributed by atoms with Crippen molar-refractivity contribution in [2.75, 3.05) is 18.0 Å². The minimum absolute atomic E-state index is 0.270. The van der Waals surface area contributed by atoms with Crippen molar-refractivity contribution in [3.63, 3.8) is 0 Å². The molecule has 162 valence electrons. The van der Waals surface area contributed by atoms with Crippen LogP contribution in [0.15, 0.2) is 78.8 Å². The van der Waals surface area contributed by atoms with E-state index in [1.165, 1.54) is 4.90 Å². The number of anilines is 1. The molecule has 0 unspecified atom stereocenters. The molecule has 0 saturated heterocycles. The fourth-order valence-corrected chi connectivity index (χ4v) is 4.02. The lowest BCUT2D eigenvalue weighted by molar-refractivity contribution is -0.120. The third-order valence-corrected chi connectivity index (χ3v) is 5.99. The molecular weight excluding hydrogens is 398 g/mol. The van der Waals surface area contributed by atoms with Gasteiger partial charge in [-0.2, -0.15) is 0 Å². The molecule has 0 bridgehead atoms. The molecular formula is C27H27N3O2. The second kappa shape index (κ2) is 9.18. The van der Waals surface area contributed by atoms with Gasteiger partial charge < -0.3 is 4.90 Å². The average Bonchev–Trinajstić information content (AvgIpc) is 3.07. The number of pyridine rings is 1. The van der Waals surface area contributed by atoms with Crippen molar-refractivity contribution in [2.24, 2.45) is 0 Å². The number of hydrogen-bond donors (Lipinski definition) is 0. The number of hydrogen-bond acceptors (Lipinski definition) is 4. The highest BCUT2D eigenvalue weighted by atomic mass is 16.2. The van der Waals surface area contributed by atoms with Gasteiger partial charge in [0, 0.05) is 25.5 Å². The number of aryl methyl sites for hydroxylation is 2. The molecule has 2 aromatic carbocycles. The van der Waals surface area contributed by atoms with E-state index in [9.17, 15) is 9.59 Å². The molecule has 2 heterocycles. The van der Waals surface area contributed by atoms with Crippen LogP contribution in [-0.4, -0.2) is 34.8 Å². The van der Waals surface area contributed by atoms with Crippen molar-refractivity contribution in [3.05, 3.63) is 101 Å². The highest BCUT2D eigenvalue weighted by Crippen LogP contribution is 2.35. The lowest BCUT2D eigenvalue weighted by atomic mass is 10.0. The lowest BCUT2D eigenvalue weighted by Gasteiger charge is -2.25. The van der Waals surface area contributed by atoms with E-state index in [1.807, 2.05) is 86.3 Å². The number of likely N-dealkylation sites (N-methyl/N-ethyl adjacent to an activating group) is 1. The quantitative estimate of drug-likeness (QED) is 0.521. The molecule has 1 aromatic heterocycles. The molecule has 4 rings (SSSR count). The fourth-order valence-electron chi connectivity index (χ4n) is 4.02. The first-order chi connectivity index (χ1) is 15.5. The highest BCUT2D eigenvalue weighted by molar-refractivity contribution is 6.45. The minimum atomic E-state index is -0.276. The number of carbonyl (C=O) groups is 2. The normalized spacial score (nSPS) is 13.8. The van der Waals surface area contributed by atoms with Crippen LogP contribution in [0.1, 0.15) is 29.2 Å². The van der Waals surface area contributed by atoms with Crippen LogP contribution in [0.4, 0.5) is 5.69 Å². The first-order valence-electron chi connectivity index (χ1n) is 10.9. The maximum Gasteiger partial charge on any atom is 0.282 e. The molecule has 0 N–H and O–H groups in total. The molecule has 0 saturated carbocycles.